The summed E-state index contributed by atoms with van der Waals surface area (Å²) >= 11 is 3.01. The Labute approximate surface area is 116 Å². The monoisotopic (exact) mass is 340 g/mol. The van der Waals surface area contributed by atoms with Gasteiger partial charge in [-0.25, -0.2) is 0 Å². The summed E-state index contributed by atoms with van der Waals surface area (Å²) in [6, 6.07) is 4.23. The topological polar surface area (TPSA) is 17.1 Å². The van der Waals surface area contributed by atoms with Gasteiger partial charge in [0.2, 0.25) is 0 Å². The van der Waals surface area contributed by atoms with Crippen LogP contribution in [0.2, 0.25) is 0 Å². The Bertz CT molecular complexity index is 443. The van der Waals surface area contributed by atoms with Gasteiger partial charge in [-0.05, 0) is 48.9 Å². The molecular formula is C12H12BrF3OS. The van der Waals surface area contributed by atoms with Crippen molar-refractivity contribution in [1.82, 2.24) is 0 Å². The van der Waals surface area contributed by atoms with E-state index in [0.29, 0.717) is 17.5 Å². The molecule has 100 valence electrons. The molecule has 0 aliphatic heterocycles. The number of alkyl halides is 4. The highest BCUT2D eigenvalue weighted by molar-refractivity contribution is 9.10. The van der Waals surface area contributed by atoms with E-state index in [4.69, 9.17) is 0 Å². The van der Waals surface area contributed by atoms with Crippen LogP contribution in [0.5, 0.6) is 0 Å². The molecule has 0 heterocycles. The van der Waals surface area contributed by atoms with Crippen molar-refractivity contribution in [3.05, 3.63) is 29.3 Å². The van der Waals surface area contributed by atoms with E-state index in [1.54, 1.807) is 6.92 Å². The van der Waals surface area contributed by atoms with Gasteiger partial charge in [-0.3, -0.25) is 4.79 Å². The lowest BCUT2D eigenvalue weighted by Crippen LogP contribution is -2.12. The first-order chi connectivity index (χ1) is 8.24. The number of rotatable bonds is 4. The minimum Gasteiger partial charge on any atom is -0.293 e. The van der Waals surface area contributed by atoms with Crippen LogP contribution in [0.4, 0.5) is 13.2 Å². The summed E-state index contributed by atoms with van der Waals surface area (Å²) in [7, 11) is 0. The van der Waals surface area contributed by atoms with Crippen LogP contribution in [0.15, 0.2) is 23.1 Å². The average Bonchev–Trinajstić information content (AvgIpc) is 2.25. The Morgan fingerprint density at radius 2 is 2.06 bits per heavy atom. The first kappa shape index (κ1) is 15.6. The number of hydrogen-bond donors (Lipinski definition) is 0. The van der Waals surface area contributed by atoms with E-state index in [-0.39, 0.29) is 27.3 Å². The minimum absolute atomic E-state index is 0.109. The average molecular weight is 341 g/mol. The molecule has 0 spiro atoms. The highest BCUT2D eigenvalue weighted by atomic mass is 79.9. The summed E-state index contributed by atoms with van der Waals surface area (Å²) in [6.45, 7) is 3.51. The van der Waals surface area contributed by atoms with Gasteiger partial charge < -0.3 is 0 Å². The zero-order valence-corrected chi connectivity index (χ0v) is 12.2. The lowest BCUT2D eigenvalue weighted by molar-refractivity contribution is -0.0328. The van der Waals surface area contributed by atoms with Crippen LogP contribution in [0.25, 0.3) is 0 Å². The molecule has 6 heteroatoms. The number of aryl methyl sites for hydroxylation is 1. The molecule has 0 radical (unpaired) electrons. The summed E-state index contributed by atoms with van der Waals surface area (Å²) < 4.78 is 36.8. The predicted octanol–water partition coefficient (Wildman–Crippen LogP) is 4.83. The van der Waals surface area contributed by atoms with Crippen molar-refractivity contribution < 1.29 is 18.0 Å². The summed E-state index contributed by atoms with van der Waals surface area (Å²) in [5.41, 5.74) is -3.19. The molecule has 1 aromatic rings. The maximum absolute atomic E-state index is 12.3. The second-order valence-corrected chi connectivity index (χ2v) is 6.21. The molecule has 1 atom stereocenters. The Hall–Kier alpha value is -0.490. The van der Waals surface area contributed by atoms with Crippen LogP contribution in [0.3, 0.4) is 0 Å². The second-order valence-electron chi connectivity index (χ2n) is 3.70. The van der Waals surface area contributed by atoms with Crippen molar-refractivity contribution in [3.8, 4) is 0 Å². The smallest absolute Gasteiger partial charge is 0.293 e. The van der Waals surface area contributed by atoms with Gasteiger partial charge in [0.15, 0.2) is 5.78 Å². The van der Waals surface area contributed by atoms with Crippen LogP contribution in [-0.2, 0) is 6.42 Å². The predicted molar refractivity (Wildman–Crippen MR) is 70.5 cm³/mol. The van der Waals surface area contributed by atoms with Gasteiger partial charge in [-0.2, -0.15) is 13.2 Å². The van der Waals surface area contributed by atoms with Crippen LogP contribution < -0.4 is 0 Å². The zero-order chi connectivity index (χ0) is 13.9. The Morgan fingerprint density at radius 1 is 1.44 bits per heavy atom. The quantitative estimate of drug-likeness (QED) is 0.443. The minimum atomic E-state index is -4.31. The van der Waals surface area contributed by atoms with Gasteiger partial charge in [-0.1, -0.05) is 22.9 Å². The number of thioether (sulfide) groups is 1. The number of hydrogen-bond acceptors (Lipinski definition) is 2. The third-order valence-electron chi connectivity index (χ3n) is 2.32. The Balaban J connectivity index is 3.08. The highest BCUT2D eigenvalue weighted by Gasteiger charge is 2.29. The zero-order valence-electron chi connectivity index (χ0n) is 9.84. The standard InChI is InChI=1S/C12H12BrF3OS/c1-3-8-6-9(18-12(14,15)16)4-5-10(8)11(17)7(2)13/h4-7H,3H2,1-2H3. The number of halogens is 4. The molecule has 1 rings (SSSR count). The van der Waals surface area contributed by atoms with Crippen molar-refractivity contribution in [2.45, 2.75) is 35.5 Å². The lowest BCUT2D eigenvalue weighted by atomic mass is 10.0. The van der Waals surface area contributed by atoms with Gasteiger partial charge in [0.25, 0.3) is 0 Å². The van der Waals surface area contributed by atoms with Crippen LogP contribution in [0.1, 0.15) is 29.8 Å². The fourth-order valence-electron chi connectivity index (χ4n) is 1.51. The van der Waals surface area contributed by atoms with Gasteiger partial charge in [0, 0.05) is 10.5 Å². The van der Waals surface area contributed by atoms with Crippen LogP contribution >= 0.6 is 27.7 Å². The van der Waals surface area contributed by atoms with E-state index in [9.17, 15) is 18.0 Å². The number of Topliss-reactive ketones (excluding diaryl/α,β-unsaturated/α-hetero) is 1. The summed E-state index contributed by atoms with van der Waals surface area (Å²) in [4.78, 5) is 11.6. The fraction of sp³-hybridized carbons (Fsp3) is 0.417. The third-order valence-corrected chi connectivity index (χ3v) is 3.45. The van der Waals surface area contributed by atoms with Crippen LogP contribution in [-0.4, -0.2) is 16.1 Å². The van der Waals surface area contributed by atoms with E-state index in [0.717, 1.165) is 0 Å². The SMILES string of the molecule is CCc1cc(SC(F)(F)F)ccc1C(=O)C(C)Br. The molecule has 0 aliphatic carbocycles. The first-order valence-electron chi connectivity index (χ1n) is 5.31. The van der Waals surface area contributed by atoms with Crippen LogP contribution in [0, 0.1) is 0 Å². The number of benzene rings is 1. The van der Waals surface area contributed by atoms with Gasteiger partial charge in [-0.15, -0.1) is 0 Å². The molecular weight excluding hydrogens is 329 g/mol. The third kappa shape index (κ3) is 4.31. The molecule has 1 aromatic carbocycles. The normalized spacial score (nSPS) is 13.4. The maximum atomic E-state index is 12.3. The van der Waals surface area contributed by atoms with E-state index >= 15 is 0 Å². The van der Waals surface area contributed by atoms with E-state index < -0.39 is 5.51 Å². The molecule has 1 unspecified atom stereocenters. The summed E-state index contributed by atoms with van der Waals surface area (Å²) in [5.74, 6) is -0.115. The molecule has 0 fully saturated rings. The molecule has 0 aromatic heterocycles. The van der Waals surface area contributed by atoms with E-state index in [1.807, 2.05) is 6.92 Å². The Kier molecular flexibility index (Phi) is 5.28. The molecule has 0 aliphatic rings. The van der Waals surface area contributed by atoms with E-state index in [2.05, 4.69) is 15.9 Å². The molecule has 0 saturated carbocycles. The largest absolute Gasteiger partial charge is 0.446 e. The highest BCUT2D eigenvalue weighted by Crippen LogP contribution is 2.37. The maximum Gasteiger partial charge on any atom is 0.446 e. The summed E-state index contributed by atoms with van der Waals surface area (Å²) in [5, 5.41) is 0. The lowest BCUT2D eigenvalue weighted by Gasteiger charge is -2.11. The molecule has 0 bridgehead atoms. The number of ketones is 1. The number of carbonyl (C=O) groups is 1. The van der Waals surface area contributed by atoms with Crippen molar-refractivity contribution in [2.75, 3.05) is 0 Å². The molecule has 0 amide bonds. The second kappa shape index (κ2) is 6.10. The first-order valence-corrected chi connectivity index (χ1v) is 7.04. The molecule has 1 nitrogen and oxygen atoms in total. The van der Waals surface area contributed by atoms with E-state index in [1.165, 1.54) is 18.2 Å². The molecule has 18 heavy (non-hydrogen) atoms. The van der Waals surface area contributed by atoms with Gasteiger partial charge >= 0.3 is 5.51 Å². The number of carbonyl (C=O) groups excluding carboxylic acids is 1. The molecule has 0 N–H and O–H groups in total. The molecule has 0 saturated heterocycles. The van der Waals surface area contributed by atoms with Gasteiger partial charge in [0.1, 0.15) is 0 Å². The van der Waals surface area contributed by atoms with Crippen molar-refractivity contribution in [1.29, 1.82) is 0 Å². The van der Waals surface area contributed by atoms with Crippen molar-refractivity contribution >= 4 is 33.5 Å². The summed E-state index contributed by atoms with van der Waals surface area (Å²) in [6.07, 6.45) is 0.521. The van der Waals surface area contributed by atoms with Gasteiger partial charge in [0.05, 0.1) is 4.83 Å². The van der Waals surface area contributed by atoms with Crippen molar-refractivity contribution in [2.24, 2.45) is 0 Å². The van der Waals surface area contributed by atoms with Crippen molar-refractivity contribution in [3.63, 3.8) is 0 Å². The Morgan fingerprint density at radius 3 is 2.50 bits per heavy atom. The fourth-order valence-corrected chi connectivity index (χ4v) is 2.37.